The van der Waals surface area contributed by atoms with Crippen molar-refractivity contribution in [3.05, 3.63) is 0 Å². The molecule has 0 bridgehead atoms. The summed E-state index contributed by atoms with van der Waals surface area (Å²) in [4.78, 5) is 11.5. The molecule has 4 aliphatic carbocycles. The predicted molar refractivity (Wildman–Crippen MR) is 135 cm³/mol. The number of aliphatic hydroxyl groups excluding tert-OH is 1. The van der Waals surface area contributed by atoms with E-state index in [9.17, 15) is 9.90 Å². The summed E-state index contributed by atoms with van der Waals surface area (Å²) in [6.45, 7) is 16.2. The van der Waals surface area contributed by atoms with Crippen molar-refractivity contribution in [2.75, 3.05) is 0 Å². The molecule has 11 unspecified atom stereocenters. The van der Waals surface area contributed by atoms with Crippen molar-refractivity contribution in [3.8, 4) is 0 Å². The largest absolute Gasteiger partial charge is 0.463 e. The zero-order valence-electron chi connectivity index (χ0n) is 22.6. The van der Waals surface area contributed by atoms with E-state index in [1.807, 2.05) is 0 Å². The molecule has 0 aliphatic heterocycles. The molecule has 0 amide bonds. The van der Waals surface area contributed by atoms with Gasteiger partial charge in [0.25, 0.3) is 0 Å². The summed E-state index contributed by atoms with van der Waals surface area (Å²) < 4.78 is 5.63. The van der Waals surface area contributed by atoms with Crippen LogP contribution < -0.4 is 0 Å². The molecule has 0 aromatic carbocycles. The zero-order chi connectivity index (χ0) is 24.1. The van der Waals surface area contributed by atoms with Gasteiger partial charge in [0.2, 0.25) is 0 Å². The summed E-state index contributed by atoms with van der Waals surface area (Å²) in [5.41, 5.74) is 0.510. The number of carbonyl (C=O) groups is 1. The minimum Gasteiger partial charge on any atom is -0.463 e. The van der Waals surface area contributed by atoms with Gasteiger partial charge in [-0.3, -0.25) is 4.79 Å². The standard InChI is InChI=1S/C30H52O3/c1-18(2)19(3)8-9-20(4)25-12-13-26-24-11-10-22-16-23(33-21(5)31)14-15-29(22,6)28(24)27(32)17-30(25,26)7/h18-20,22-28,32H,8-17H2,1-7H3. The molecule has 0 radical (unpaired) electrons. The Hall–Kier alpha value is -0.570. The van der Waals surface area contributed by atoms with E-state index >= 15 is 0 Å². The third-order valence-corrected chi connectivity index (χ3v) is 11.9. The van der Waals surface area contributed by atoms with Crippen LogP contribution in [0.3, 0.4) is 0 Å². The van der Waals surface area contributed by atoms with Crippen molar-refractivity contribution in [1.82, 2.24) is 0 Å². The van der Waals surface area contributed by atoms with Crippen molar-refractivity contribution < 1.29 is 14.6 Å². The van der Waals surface area contributed by atoms with Gasteiger partial charge in [0.05, 0.1) is 6.10 Å². The molecule has 4 fully saturated rings. The fraction of sp³-hybridized carbons (Fsp3) is 0.967. The number of carbonyl (C=O) groups excluding carboxylic acids is 1. The molecule has 3 nitrogen and oxygen atoms in total. The van der Waals surface area contributed by atoms with Crippen LogP contribution in [0.15, 0.2) is 0 Å². The third kappa shape index (κ3) is 4.54. The highest BCUT2D eigenvalue weighted by Gasteiger charge is 2.63. The average Bonchev–Trinajstić information content (AvgIpc) is 3.07. The zero-order valence-corrected chi connectivity index (χ0v) is 22.6. The Morgan fingerprint density at radius 1 is 1.00 bits per heavy atom. The summed E-state index contributed by atoms with van der Waals surface area (Å²) in [6.07, 6.45) is 11.9. The minimum atomic E-state index is -0.170. The first-order valence-electron chi connectivity index (χ1n) is 14.3. The number of ether oxygens (including phenoxy) is 1. The van der Waals surface area contributed by atoms with E-state index < -0.39 is 0 Å². The molecule has 3 heteroatoms. The highest BCUT2D eigenvalue weighted by molar-refractivity contribution is 5.66. The van der Waals surface area contributed by atoms with E-state index in [1.54, 1.807) is 0 Å². The van der Waals surface area contributed by atoms with E-state index in [0.717, 1.165) is 55.3 Å². The monoisotopic (exact) mass is 460 g/mol. The van der Waals surface area contributed by atoms with Gasteiger partial charge in [0, 0.05) is 6.92 Å². The first kappa shape index (κ1) is 25.5. The second-order valence-electron chi connectivity index (χ2n) is 13.8. The summed E-state index contributed by atoms with van der Waals surface area (Å²) in [7, 11) is 0. The Bertz CT molecular complexity index is 703. The molecule has 4 saturated carbocycles. The average molecular weight is 461 g/mol. The lowest BCUT2D eigenvalue weighted by atomic mass is 9.43. The van der Waals surface area contributed by atoms with Crippen molar-refractivity contribution in [1.29, 1.82) is 0 Å². The summed E-state index contributed by atoms with van der Waals surface area (Å²) in [5.74, 6) is 5.44. The van der Waals surface area contributed by atoms with Gasteiger partial charge in [-0.05, 0) is 110 Å². The Kier molecular flexibility index (Phi) is 7.33. The van der Waals surface area contributed by atoms with Crippen molar-refractivity contribution in [2.24, 2.45) is 58.2 Å². The number of rotatable bonds is 6. The van der Waals surface area contributed by atoms with Crippen molar-refractivity contribution in [3.63, 3.8) is 0 Å². The van der Waals surface area contributed by atoms with E-state index in [-0.39, 0.29) is 23.6 Å². The van der Waals surface area contributed by atoms with Crippen LogP contribution in [0.25, 0.3) is 0 Å². The first-order chi connectivity index (χ1) is 15.5. The number of hydrogen-bond acceptors (Lipinski definition) is 3. The van der Waals surface area contributed by atoms with Gasteiger partial charge in [-0.15, -0.1) is 0 Å². The van der Waals surface area contributed by atoms with Gasteiger partial charge in [-0.1, -0.05) is 54.4 Å². The predicted octanol–water partition coefficient (Wildman–Crippen LogP) is 7.26. The molecule has 0 spiro atoms. The normalized spacial score (nSPS) is 46.8. The smallest absolute Gasteiger partial charge is 0.302 e. The van der Waals surface area contributed by atoms with Gasteiger partial charge >= 0.3 is 5.97 Å². The second-order valence-corrected chi connectivity index (χ2v) is 13.8. The van der Waals surface area contributed by atoms with Crippen LogP contribution in [0, 0.1) is 58.2 Å². The fourth-order valence-corrected chi connectivity index (χ4v) is 9.72. The van der Waals surface area contributed by atoms with Gasteiger partial charge < -0.3 is 9.84 Å². The van der Waals surface area contributed by atoms with Crippen LogP contribution in [0.2, 0.25) is 0 Å². The second kappa shape index (κ2) is 9.47. The van der Waals surface area contributed by atoms with Crippen LogP contribution in [-0.4, -0.2) is 23.3 Å². The SMILES string of the molecule is CC(=O)OC1CCC2(C)C(CCC3C4CCC(C(C)CCC(C)C(C)C)C4(C)CC(O)C32)C1. The molecule has 4 rings (SSSR count). The number of esters is 1. The van der Waals surface area contributed by atoms with Crippen molar-refractivity contribution >= 4 is 5.97 Å². The Labute approximate surface area is 203 Å². The van der Waals surface area contributed by atoms with Crippen LogP contribution in [-0.2, 0) is 9.53 Å². The molecular weight excluding hydrogens is 408 g/mol. The Morgan fingerprint density at radius 3 is 2.39 bits per heavy atom. The molecule has 4 aliphatic rings. The Morgan fingerprint density at radius 2 is 1.73 bits per heavy atom. The molecule has 0 saturated heterocycles. The van der Waals surface area contributed by atoms with Crippen LogP contribution in [0.5, 0.6) is 0 Å². The van der Waals surface area contributed by atoms with Crippen LogP contribution in [0.1, 0.15) is 113 Å². The maximum absolute atomic E-state index is 11.7. The third-order valence-electron chi connectivity index (χ3n) is 11.9. The summed E-state index contributed by atoms with van der Waals surface area (Å²) in [5, 5.41) is 11.7. The molecular formula is C30H52O3. The number of fused-ring (bicyclic) bond motifs is 5. The lowest BCUT2D eigenvalue weighted by molar-refractivity contribution is -0.186. The number of aliphatic hydroxyl groups is 1. The van der Waals surface area contributed by atoms with Gasteiger partial charge in [-0.2, -0.15) is 0 Å². The lowest BCUT2D eigenvalue weighted by Crippen LogP contribution is -2.59. The molecule has 33 heavy (non-hydrogen) atoms. The van der Waals surface area contributed by atoms with E-state index in [0.29, 0.717) is 23.2 Å². The van der Waals surface area contributed by atoms with Gasteiger partial charge in [0.1, 0.15) is 6.10 Å². The highest BCUT2D eigenvalue weighted by atomic mass is 16.5. The molecule has 190 valence electrons. The minimum absolute atomic E-state index is 0.0908. The maximum Gasteiger partial charge on any atom is 0.302 e. The van der Waals surface area contributed by atoms with Crippen molar-refractivity contribution in [2.45, 2.75) is 125 Å². The first-order valence-corrected chi connectivity index (χ1v) is 14.3. The van der Waals surface area contributed by atoms with E-state index in [1.165, 1.54) is 45.4 Å². The molecule has 11 atom stereocenters. The van der Waals surface area contributed by atoms with Crippen LogP contribution in [0.4, 0.5) is 0 Å². The molecule has 0 aromatic rings. The fourth-order valence-electron chi connectivity index (χ4n) is 9.72. The topological polar surface area (TPSA) is 46.5 Å². The summed E-state index contributed by atoms with van der Waals surface area (Å²) in [6, 6.07) is 0. The van der Waals surface area contributed by atoms with Gasteiger partial charge in [-0.25, -0.2) is 0 Å². The van der Waals surface area contributed by atoms with Gasteiger partial charge in [0.15, 0.2) is 0 Å². The molecule has 0 aromatic heterocycles. The van der Waals surface area contributed by atoms with Crippen LogP contribution >= 0.6 is 0 Å². The maximum atomic E-state index is 11.7. The van der Waals surface area contributed by atoms with E-state index in [4.69, 9.17) is 4.74 Å². The summed E-state index contributed by atoms with van der Waals surface area (Å²) >= 11 is 0. The quantitative estimate of drug-likeness (QED) is 0.424. The lowest BCUT2D eigenvalue weighted by Gasteiger charge is -2.62. The molecule has 0 heterocycles. The number of hydrogen-bond donors (Lipinski definition) is 1. The molecule has 1 N–H and O–H groups in total. The highest BCUT2D eigenvalue weighted by Crippen LogP contribution is 2.68. The Balaban J connectivity index is 1.48. The van der Waals surface area contributed by atoms with E-state index in [2.05, 4.69) is 41.5 Å².